The van der Waals surface area contributed by atoms with Crippen molar-refractivity contribution < 1.29 is 9.50 Å². The van der Waals surface area contributed by atoms with E-state index in [1.165, 1.54) is 18.9 Å². The molecular weight excluding hydrogens is 285 g/mol. The van der Waals surface area contributed by atoms with Gasteiger partial charge in [0.1, 0.15) is 5.82 Å². The van der Waals surface area contributed by atoms with Crippen LogP contribution in [0.15, 0.2) is 22.7 Å². The van der Waals surface area contributed by atoms with Crippen LogP contribution in [0.1, 0.15) is 37.3 Å². The van der Waals surface area contributed by atoms with E-state index >= 15 is 0 Å². The Hall–Kier alpha value is -0.450. The summed E-state index contributed by atoms with van der Waals surface area (Å²) in [6.45, 7) is -0.0795. The number of aliphatic hydroxyl groups is 1. The van der Waals surface area contributed by atoms with Gasteiger partial charge in [0.05, 0.1) is 12.6 Å². The first-order valence-electron chi connectivity index (χ1n) is 6.02. The second-order valence-corrected chi connectivity index (χ2v) is 5.46. The molecule has 0 heterocycles. The van der Waals surface area contributed by atoms with Crippen LogP contribution in [-0.2, 0) is 0 Å². The molecule has 1 aromatic carbocycles. The molecule has 0 amide bonds. The Balaban J connectivity index is 2.13. The van der Waals surface area contributed by atoms with Crippen LogP contribution in [0.3, 0.4) is 0 Å². The molecule has 1 aliphatic rings. The van der Waals surface area contributed by atoms with E-state index in [0.717, 1.165) is 17.3 Å². The largest absolute Gasteiger partial charge is 0.394 e. The summed E-state index contributed by atoms with van der Waals surface area (Å²) in [5.41, 5.74) is 0.536. The van der Waals surface area contributed by atoms with Gasteiger partial charge in [-0.15, -0.1) is 0 Å². The predicted octanol–water partition coefficient (Wildman–Crippen LogP) is 3.15. The Labute approximate surface area is 109 Å². The Morgan fingerprint density at radius 2 is 2.12 bits per heavy atom. The molecule has 2 rings (SSSR count). The van der Waals surface area contributed by atoms with Crippen LogP contribution in [0.25, 0.3) is 0 Å². The van der Waals surface area contributed by atoms with Gasteiger partial charge in [-0.2, -0.15) is 0 Å². The number of aliphatic hydroxyl groups excluding tert-OH is 1. The third-order valence-electron chi connectivity index (χ3n) is 3.31. The molecular formula is C13H17BrFNO. The van der Waals surface area contributed by atoms with Crippen molar-refractivity contribution in [1.29, 1.82) is 0 Å². The van der Waals surface area contributed by atoms with E-state index < -0.39 is 0 Å². The fourth-order valence-corrected chi connectivity index (χ4v) is 2.78. The standard InChI is InChI=1S/C13H17BrFNO/c14-9-5-6-12(15)11(7-9)13(8-17)16-10-3-1-2-4-10/h5-7,10,13,16-17H,1-4,8H2. The zero-order valence-corrected chi connectivity index (χ0v) is 11.2. The summed E-state index contributed by atoms with van der Waals surface area (Å²) in [5.74, 6) is -0.266. The van der Waals surface area contributed by atoms with Gasteiger partial charge < -0.3 is 10.4 Å². The average Bonchev–Trinajstić information content (AvgIpc) is 2.82. The van der Waals surface area contributed by atoms with Crippen molar-refractivity contribution in [3.05, 3.63) is 34.1 Å². The van der Waals surface area contributed by atoms with Crippen LogP contribution in [0, 0.1) is 5.82 Å². The van der Waals surface area contributed by atoms with E-state index in [1.807, 2.05) is 0 Å². The van der Waals surface area contributed by atoms with Crippen molar-refractivity contribution in [2.24, 2.45) is 0 Å². The normalized spacial score (nSPS) is 18.5. The van der Waals surface area contributed by atoms with Crippen LogP contribution in [0.4, 0.5) is 4.39 Å². The lowest BCUT2D eigenvalue weighted by Gasteiger charge is -2.22. The van der Waals surface area contributed by atoms with Crippen LogP contribution >= 0.6 is 15.9 Å². The molecule has 0 spiro atoms. The van der Waals surface area contributed by atoms with Gasteiger partial charge in [-0.1, -0.05) is 28.8 Å². The SMILES string of the molecule is OCC(NC1CCCC1)c1cc(Br)ccc1F. The summed E-state index contributed by atoms with van der Waals surface area (Å²) < 4.78 is 14.5. The molecule has 17 heavy (non-hydrogen) atoms. The molecule has 1 aliphatic carbocycles. The first kappa shape index (κ1) is 13.0. The summed E-state index contributed by atoms with van der Waals surface area (Å²) in [6, 6.07) is 4.93. The van der Waals surface area contributed by atoms with Crippen LogP contribution in [0.5, 0.6) is 0 Å². The average molecular weight is 302 g/mol. The summed E-state index contributed by atoms with van der Waals surface area (Å²) >= 11 is 3.33. The van der Waals surface area contributed by atoms with Crippen molar-refractivity contribution in [2.45, 2.75) is 37.8 Å². The zero-order chi connectivity index (χ0) is 12.3. The topological polar surface area (TPSA) is 32.3 Å². The van der Waals surface area contributed by atoms with Gasteiger partial charge in [-0.3, -0.25) is 0 Å². The molecule has 4 heteroatoms. The monoisotopic (exact) mass is 301 g/mol. The Morgan fingerprint density at radius 1 is 1.41 bits per heavy atom. The Kier molecular flexibility index (Phi) is 4.54. The van der Waals surface area contributed by atoms with Crippen molar-refractivity contribution >= 4 is 15.9 Å². The van der Waals surface area contributed by atoms with Crippen LogP contribution in [0.2, 0.25) is 0 Å². The first-order valence-corrected chi connectivity index (χ1v) is 6.82. The number of hydrogen-bond donors (Lipinski definition) is 2. The Bertz CT molecular complexity index is 380. The minimum Gasteiger partial charge on any atom is -0.394 e. The molecule has 0 radical (unpaired) electrons. The van der Waals surface area contributed by atoms with E-state index in [-0.39, 0.29) is 18.5 Å². The zero-order valence-electron chi connectivity index (χ0n) is 9.63. The molecule has 1 fully saturated rings. The lowest BCUT2D eigenvalue weighted by atomic mass is 10.1. The highest BCUT2D eigenvalue weighted by molar-refractivity contribution is 9.10. The van der Waals surface area contributed by atoms with E-state index in [1.54, 1.807) is 12.1 Å². The fourth-order valence-electron chi connectivity index (χ4n) is 2.40. The van der Waals surface area contributed by atoms with Gasteiger partial charge in [0.15, 0.2) is 0 Å². The number of halogens is 2. The lowest BCUT2D eigenvalue weighted by Crippen LogP contribution is -2.33. The van der Waals surface area contributed by atoms with Crippen molar-refractivity contribution in [3.8, 4) is 0 Å². The molecule has 0 bridgehead atoms. The second-order valence-electron chi connectivity index (χ2n) is 4.55. The number of benzene rings is 1. The van der Waals surface area contributed by atoms with Gasteiger partial charge in [0.2, 0.25) is 0 Å². The minimum absolute atomic E-state index is 0.0795. The molecule has 1 unspecified atom stereocenters. The number of nitrogens with one attached hydrogen (secondary N) is 1. The van der Waals surface area contributed by atoms with E-state index in [0.29, 0.717) is 11.6 Å². The maximum atomic E-state index is 13.7. The van der Waals surface area contributed by atoms with Gasteiger partial charge >= 0.3 is 0 Å². The molecule has 1 aromatic rings. The quantitative estimate of drug-likeness (QED) is 0.895. The van der Waals surface area contributed by atoms with Crippen LogP contribution < -0.4 is 5.32 Å². The molecule has 94 valence electrons. The van der Waals surface area contributed by atoms with Crippen molar-refractivity contribution in [1.82, 2.24) is 5.32 Å². The maximum Gasteiger partial charge on any atom is 0.128 e. The molecule has 0 aliphatic heterocycles. The smallest absolute Gasteiger partial charge is 0.128 e. The third-order valence-corrected chi connectivity index (χ3v) is 3.80. The van der Waals surface area contributed by atoms with Gasteiger partial charge in [0, 0.05) is 16.1 Å². The summed E-state index contributed by atoms with van der Waals surface area (Å²) in [6.07, 6.45) is 4.67. The summed E-state index contributed by atoms with van der Waals surface area (Å²) in [4.78, 5) is 0. The predicted molar refractivity (Wildman–Crippen MR) is 69.3 cm³/mol. The lowest BCUT2D eigenvalue weighted by molar-refractivity contribution is 0.230. The van der Waals surface area contributed by atoms with E-state index in [2.05, 4.69) is 21.2 Å². The minimum atomic E-state index is -0.310. The second kappa shape index (κ2) is 5.94. The maximum absolute atomic E-state index is 13.7. The third kappa shape index (κ3) is 3.27. The van der Waals surface area contributed by atoms with Gasteiger partial charge in [-0.05, 0) is 31.0 Å². The first-order chi connectivity index (χ1) is 8.20. The molecule has 1 atom stereocenters. The van der Waals surface area contributed by atoms with Crippen molar-refractivity contribution in [3.63, 3.8) is 0 Å². The van der Waals surface area contributed by atoms with Crippen molar-refractivity contribution in [2.75, 3.05) is 6.61 Å². The number of rotatable bonds is 4. The van der Waals surface area contributed by atoms with E-state index in [9.17, 15) is 9.50 Å². The molecule has 0 aromatic heterocycles. The van der Waals surface area contributed by atoms with Gasteiger partial charge in [-0.25, -0.2) is 4.39 Å². The summed E-state index contributed by atoms with van der Waals surface area (Å²) in [7, 11) is 0. The molecule has 2 nitrogen and oxygen atoms in total. The molecule has 0 saturated heterocycles. The highest BCUT2D eigenvalue weighted by atomic mass is 79.9. The molecule has 2 N–H and O–H groups in total. The highest BCUT2D eigenvalue weighted by Crippen LogP contribution is 2.25. The van der Waals surface area contributed by atoms with Crippen LogP contribution in [-0.4, -0.2) is 17.8 Å². The van der Waals surface area contributed by atoms with E-state index in [4.69, 9.17) is 0 Å². The highest BCUT2D eigenvalue weighted by Gasteiger charge is 2.21. The molecule has 1 saturated carbocycles. The summed E-state index contributed by atoms with van der Waals surface area (Å²) in [5, 5.41) is 12.7. The Morgan fingerprint density at radius 3 is 2.76 bits per heavy atom. The van der Waals surface area contributed by atoms with Gasteiger partial charge in [0.25, 0.3) is 0 Å². The fraction of sp³-hybridized carbons (Fsp3) is 0.538. The number of hydrogen-bond acceptors (Lipinski definition) is 2.